The number of hydrogen-bond acceptors (Lipinski definition) is 7. The number of piperidine rings is 1. The fourth-order valence-electron chi connectivity index (χ4n) is 3.97. The van der Waals surface area contributed by atoms with Crippen LogP contribution in [0.2, 0.25) is 5.02 Å². The molecule has 8 nitrogen and oxygen atoms in total. The minimum Gasteiger partial charge on any atom is -0.494 e. The summed E-state index contributed by atoms with van der Waals surface area (Å²) in [5, 5.41) is 0.984. The van der Waals surface area contributed by atoms with Gasteiger partial charge in [0.2, 0.25) is 15.2 Å². The SMILES string of the molecule is CCC1CCCCN1S(=O)(=O)c1ccc(C(=O)NNc2nc3c(OC)ccc(Cl)c3s2)cc1. The van der Waals surface area contributed by atoms with E-state index in [-0.39, 0.29) is 10.9 Å². The number of halogens is 1. The van der Waals surface area contributed by atoms with Gasteiger partial charge in [-0.25, -0.2) is 13.4 Å². The molecule has 11 heteroatoms. The van der Waals surface area contributed by atoms with E-state index in [0.29, 0.717) is 33.5 Å². The molecule has 2 aromatic carbocycles. The number of nitrogens with zero attached hydrogens (tertiary/aromatic N) is 2. The van der Waals surface area contributed by atoms with Crippen LogP contribution in [0, 0.1) is 0 Å². The molecule has 1 fully saturated rings. The van der Waals surface area contributed by atoms with Gasteiger partial charge in [-0.2, -0.15) is 4.31 Å². The second-order valence-electron chi connectivity index (χ2n) is 7.72. The number of benzene rings is 2. The van der Waals surface area contributed by atoms with Crippen LogP contribution in [0.15, 0.2) is 41.3 Å². The highest BCUT2D eigenvalue weighted by molar-refractivity contribution is 7.89. The number of sulfonamides is 1. The zero-order valence-corrected chi connectivity index (χ0v) is 20.7. The Balaban J connectivity index is 1.46. The largest absolute Gasteiger partial charge is 0.494 e. The number of methoxy groups -OCH3 is 1. The third-order valence-corrected chi connectivity index (χ3v) is 9.13. The second-order valence-corrected chi connectivity index (χ2v) is 11.0. The molecule has 1 unspecified atom stereocenters. The molecule has 176 valence electrons. The van der Waals surface area contributed by atoms with Crippen LogP contribution in [0.3, 0.4) is 0 Å². The Labute approximate surface area is 201 Å². The van der Waals surface area contributed by atoms with Crippen LogP contribution in [0.1, 0.15) is 43.0 Å². The molecule has 0 aliphatic carbocycles. The lowest BCUT2D eigenvalue weighted by Crippen LogP contribution is -2.43. The van der Waals surface area contributed by atoms with Crippen LogP contribution >= 0.6 is 22.9 Å². The van der Waals surface area contributed by atoms with Gasteiger partial charge in [0.15, 0.2) is 0 Å². The van der Waals surface area contributed by atoms with Crippen molar-refractivity contribution in [3.63, 3.8) is 0 Å². The van der Waals surface area contributed by atoms with Gasteiger partial charge in [-0.1, -0.05) is 36.3 Å². The summed E-state index contributed by atoms with van der Waals surface area (Å²) in [5.74, 6) is 0.168. The number of anilines is 1. The Bertz CT molecular complexity index is 1260. The summed E-state index contributed by atoms with van der Waals surface area (Å²) in [5.41, 5.74) is 6.30. The van der Waals surface area contributed by atoms with E-state index < -0.39 is 15.9 Å². The second kappa shape index (κ2) is 9.84. The molecule has 3 aromatic rings. The number of ether oxygens (including phenoxy) is 1. The standard InChI is InChI=1S/C22H25ClN4O4S2/c1-3-15-6-4-5-13-27(15)33(29,30)16-9-7-14(8-10-16)21(28)25-26-22-24-19-18(31-2)12-11-17(23)20(19)32-22/h7-12,15H,3-6,13H2,1-2H3,(H,24,26)(H,25,28). The maximum absolute atomic E-state index is 13.1. The number of hydrogen-bond donors (Lipinski definition) is 2. The van der Waals surface area contributed by atoms with Crippen molar-refractivity contribution in [1.82, 2.24) is 14.7 Å². The van der Waals surface area contributed by atoms with E-state index in [1.807, 2.05) is 6.92 Å². The lowest BCUT2D eigenvalue weighted by molar-refractivity contribution is 0.0962. The summed E-state index contributed by atoms with van der Waals surface area (Å²) >= 11 is 7.51. The first-order valence-corrected chi connectivity index (χ1v) is 13.3. The molecule has 1 aliphatic rings. The Morgan fingerprint density at radius 1 is 1.24 bits per heavy atom. The monoisotopic (exact) mass is 508 g/mol. The number of amides is 1. The van der Waals surface area contributed by atoms with Gasteiger partial charge in [-0.3, -0.25) is 15.6 Å². The molecule has 2 N–H and O–H groups in total. The van der Waals surface area contributed by atoms with Gasteiger partial charge in [0.1, 0.15) is 11.3 Å². The minimum absolute atomic E-state index is 0.0249. The predicted molar refractivity (Wildman–Crippen MR) is 131 cm³/mol. The summed E-state index contributed by atoms with van der Waals surface area (Å²) in [6, 6.07) is 9.46. The highest BCUT2D eigenvalue weighted by atomic mass is 35.5. The lowest BCUT2D eigenvalue weighted by atomic mass is 10.0. The van der Waals surface area contributed by atoms with Crippen LogP contribution in [0.25, 0.3) is 10.2 Å². The molecule has 0 bridgehead atoms. The van der Waals surface area contributed by atoms with Crippen LogP contribution in [-0.2, 0) is 10.0 Å². The topological polar surface area (TPSA) is 101 Å². The van der Waals surface area contributed by atoms with E-state index in [9.17, 15) is 13.2 Å². The molecule has 33 heavy (non-hydrogen) atoms. The van der Waals surface area contributed by atoms with E-state index in [1.165, 1.54) is 35.6 Å². The number of fused-ring (bicyclic) bond motifs is 1. The van der Waals surface area contributed by atoms with Crippen molar-refractivity contribution in [3.8, 4) is 5.75 Å². The van der Waals surface area contributed by atoms with Crippen molar-refractivity contribution in [3.05, 3.63) is 47.0 Å². The average Bonchev–Trinajstić information content (AvgIpc) is 3.28. The summed E-state index contributed by atoms with van der Waals surface area (Å²) in [7, 11) is -2.04. The van der Waals surface area contributed by atoms with E-state index in [2.05, 4.69) is 15.8 Å². The molecule has 1 aliphatic heterocycles. The molecular formula is C22H25ClN4O4S2. The molecule has 1 aromatic heterocycles. The molecule has 1 saturated heterocycles. The van der Waals surface area contributed by atoms with Gasteiger partial charge < -0.3 is 4.74 Å². The Kier molecular flexibility index (Phi) is 7.08. The van der Waals surface area contributed by atoms with Crippen molar-refractivity contribution >= 4 is 54.2 Å². The van der Waals surface area contributed by atoms with Crippen LogP contribution < -0.4 is 15.6 Å². The predicted octanol–water partition coefficient (Wildman–Crippen LogP) is 4.67. The molecule has 0 saturated carbocycles. The van der Waals surface area contributed by atoms with Crippen molar-refractivity contribution in [2.45, 2.75) is 43.5 Å². The van der Waals surface area contributed by atoms with Crippen LogP contribution in [-0.4, -0.2) is 43.3 Å². The fraction of sp³-hybridized carbons (Fsp3) is 0.364. The Morgan fingerprint density at radius 3 is 2.70 bits per heavy atom. The van der Waals surface area contributed by atoms with Gasteiger partial charge >= 0.3 is 0 Å². The molecule has 1 amide bonds. The van der Waals surface area contributed by atoms with Crippen LogP contribution in [0.5, 0.6) is 5.75 Å². The third kappa shape index (κ3) is 4.79. The maximum atomic E-state index is 13.1. The Morgan fingerprint density at radius 2 is 2.00 bits per heavy atom. The van der Waals surface area contributed by atoms with E-state index in [1.54, 1.807) is 23.5 Å². The van der Waals surface area contributed by atoms with Crippen molar-refractivity contribution < 1.29 is 17.9 Å². The molecule has 0 radical (unpaired) electrons. The molecule has 4 rings (SSSR count). The molecule has 2 heterocycles. The highest BCUT2D eigenvalue weighted by Crippen LogP contribution is 2.37. The van der Waals surface area contributed by atoms with Crippen LogP contribution in [0.4, 0.5) is 5.13 Å². The zero-order chi connectivity index (χ0) is 23.6. The maximum Gasteiger partial charge on any atom is 0.269 e. The van der Waals surface area contributed by atoms with Crippen molar-refractivity contribution in [2.75, 3.05) is 19.1 Å². The number of thiazole rings is 1. The number of aromatic nitrogens is 1. The number of hydrazine groups is 1. The number of carbonyl (C=O) groups excluding carboxylic acids is 1. The highest BCUT2D eigenvalue weighted by Gasteiger charge is 2.32. The van der Waals surface area contributed by atoms with Crippen molar-refractivity contribution in [1.29, 1.82) is 0 Å². The fourth-order valence-corrected chi connectivity index (χ4v) is 6.84. The number of carbonyl (C=O) groups is 1. The van der Waals surface area contributed by atoms with Gasteiger partial charge in [0.25, 0.3) is 5.91 Å². The number of nitrogens with one attached hydrogen (secondary N) is 2. The van der Waals surface area contributed by atoms with Crippen molar-refractivity contribution in [2.24, 2.45) is 0 Å². The smallest absolute Gasteiger partial charge is 0.269 e. The normalized spacial score (nSPS) is 17.1. The van der Waals surface area contributed by atoms with Gasteiger partial charge in [0, 0.05) is 18.2 Å². The van der Waals surface area contributed by atoms with Gasteiger partial charge in [-0.15, -0.1) is 0 Å². The minimum atomic E-state index is -3.59. The average molecular weight is 509 g/mol. The first kappa shape index (κ1) is 23.7. The number of rotatable bonds is 7. The third-order valence-electron chi connectivity index (χ3n) is 5.73. The van der Waals surface area contributed by atoms with Gasteiger partial charge in [0.05, 0.1) is 21.7 Å². The first-order valence-electron chi connectivity index (χ1n) is 10.7. The summed E-state index contributed by atoms with van der Waals surface area (Å²) in [6.45, 7) is 2.54. The molecular weight excluding hydrogens is 484 g/mol. The quantitative estimate of drug-likeness (QED) is 0.450. The molecule has 1 atom stereocenters. The summed E-state index contributed by atoms with van der Waals surface area (Å²) in [4.78, 5) is 17.2. The zero-order valence-electron chi connectivity index (χ0n) is 18.3. The van der Waals surface area contributed by atoms with Gasteiger partial charge in [-0.05, 0) is 55.7 Å². The lowest BCUT2D eigenvalue weighted by Gasteiger charge is -2.34. The van der Waals surface area contributed by atoms with E-state index in [4.69, 9.17) is 16.3 Å². The molecule has 0 spiro atoms. The Hall–Kier alpha value is -2.40. The first-order chi connectivity index (χ1) is 15.8. The van der Waals surface area contributed by atoms with E-state index in [0.717, 1.165) is 30.4 Å². The summed E-state index contributed by atoms with van der Waals surface area (Å²) < 4.78 is 33.8. The van der Waals surface area contributed by atoms with E-state index >= 15 is 0 Å². The summed E-state index contributed by atoms with van der Waals surface area (Å²) in [6.07, 6.45) is 3.58.